The lowest BCUT2D eigenvalue weighted by molar-refractivity contribution is 0.0736. The molecule has 11 nitrogen and oxygen atoms in total. The van der Waals surface area contributed by atoms with E-state index in [9.17, 15) is 22.0 Å². The summed E-state index contributed by atoms with van der Waals surface area (Å²) in [6.45, 7) is 0.834. The number of halogens is 2. The Morgan fingerprint density at radius 1 is 1.16 bits per heavy atom. The number of nitrogens with one attached hydrogen (secondary N) is 1. The van der Waals surface area contributed by atoms with Crippen molar-refractivity contribution in [2.24, 2.45) is 5.92 Å². The maximum atomic E-state index is 13.8. The number of ether oxygens (including phenoxy) is 1. The number of aryl methyl sites for hydroxylation is 1. The number of imidazole rings is 1. The van der Waals surface area contributed by atoms with E-state index >= 15 is 0 Å². The van der Waals surface area contributed by atoms with E-state index in [1.165, 1.54) is 6.07 Å². The molecular weight excluding hydrogens is 580 g/mol. The molecule has 0 radical (unpaired) electrons. The number of sulfonamides is 1. The SMILES string of the molecule is COc1cc(C(=O)N2CC[C@H]3NCC[C@H]32)cc2nc(-c3cc4ccc(N(C(F)F)S(C)(=O)=O)nc4n3CC3CC3)c(C)n12. The first-order valence-corrected chi connectivity index (χ1v) is 16.3. The van der Waals surface area contributed by atoms with E-state index in [4.69, 9.17) is 9.72 Å². The van der Waals surface area contributed by atoms with Crippen LogP contribution in [0.2, 0.25) is 0 Å². The molecule has 1 saturated carbocycles. The number of aromatic nitrogens is 4. The summed E-state index contributed by atoms with van der Waals surface area (Å²) in [6, 6.07) is 8.85. The highest BCUT2D eigenvalue weighted by Crippen LogP contribution is 2.38. The van der Waals surface area contributed by atoms with Gasteiger partial charge < -0.3 is 19.5 Å². The fraction of sp³-hybridized carbons (Fsp3) is 0.483. The van der Waals surface area contributed by atoms with Crippen molar-refractivity contribution in [1.29, 1.82) is 0 Å². The van der Waals surface area contributed by atoms with Gasteiger partial charge >= 0.3 is 6.55 Å². The van der Waals surface area contributed by atoms with Gasteiger partial charge in [0.25, 0.3) is 5.91 Å². The second kappa shape index (κ2) is 10.2. The normalized spacial score (nSPS) is 20.5. The van der Waals surface area contributed by atoms with Gasteiger partial charge in [0.2, 0.25) is 10.0 Å². The number of nitrogens with zero attached hydrogens (tertiary/aromatic N) is 6. The third-order valence-corrected chi connectivity index (χ3v) is 9.96. The predicted octanol–water partition coefficient (Wildman–Crippen LogP) is 3.64. The first kappa shape index (κ1) is 28.0. The Morgan fingerprint density at radius 3 is 2.65 bits per heavy atom. The third-order valence-electron chi connectivity index (χ3n) is 8.90. The topological polar surface area (TPSA) is 114 Å². The molecule has 4 aromatic rings. The second-order valence-corrected chi connectivity index (χ2v) is 13.6. The van der Waals surface area contributed by atoms with Crippen LogP contribution in [0.4, 0.5) is 14.6 Å². The van der Waals surface area contributed by atoms with Gasteiger partial charge in [-0.3, -0.25) is 9.20 Å². The van der Waals surface area contributed by atoms with E-state index in [0.717, 1.165) is 49.9 Å². The molecule has 0 spiro atoms. The number of hydrogen-bond donors (Lipinski definition) is 1. The van der Waals surface area contributed by atoms with E-state index in [1.54, 1.807) is 25.3 Å². The fourth-order valence-corrected chi connectivity index (χ4v) is 7.40. The van der Waals surface area contributed by atoms with Crippen LogP contribution in [-0.2, 0) is 16.6 Å². The van der Waals surface area contributed by atoms with Crippen LogP contribution in [0.1, 0.15) is 41.7 Å². The number of rotatable bonds is 8. The minimum atomic E-state index is -4.26. The molecule has 1 aliphatic carbocycles. The molecule has 2 atom stereocenters. The zero-order valence-electron chi connectivity index (χ0n) is 24.1. The van der Waals surface area contributed by atoms with Crippen molar-refractivity contribution in [1.82, 2.24) is 29.2 Å². The second-order valence-electron chi connectivity index (χ2n) is 11.7. The van der Waals surface area contributed by atoms with Gasteiger partial charge in [0, 0.05) is 42.2 Å². The van der Waals surface area contributed by atoms with Crippen molar-refractivity contribution >= 4 is 38.4 Å². The highest BCUT2D eigenvalue weighted by Gasteiger charge is 2.40. The number of alkyl halides is 2. The van der Waals surface area contributed by atoms with Gasteiger partial charge in [0.05, 0.1) is 24.8 Å². The Bertz CT molecular complexity index is 1870. The number of fused-ring (bicyclic) bond motifs is 3. The maximum absolute atomic E-state index is 13.8. The summed E-state index contributed by atoms with van der Waals surface area (Å²) in [5.41, 5.74) is 3.60. The molecule has 0 aromatic carbocycles. The summed E-state index contributed by atoms with van der Waals surface area (Å²) in [7, 11) is -2.70. The van der Waals surface area contributed by atoms with E-state index in [0.29, 0.717) is 58.9 Å². The molecule has 1 amide bonds. The van der Waals surface area contributed by atoms with Crippen LogP contribution in [0.25, 0.3) is 28.1 Å². The molecule has 4 aromatic heterocycles. The summed E-state index contributed by atoms with van der Waals surface area (Å²) in [5.74, 6) is 0.480. The summed E-state index contributed by atoms with van der Waals surface area (Å²) >= 11 is 0. The number of anilines is 1. The van der Waals surface area contributed by atoms with E-state index in [2.05, 4.69) is 10.3 Å². The van der Waals surface area contributed by atoms with Crippen LogP contribution in [0.3, 0.4) is 0 Å². The molecule has 3 fully saturated rings. The van der Waals surface area contributed by atoms with Crippen molar-refractivity contribution in [2.75, 3.05) is 30.8 Å². The van der Waals surface area contributed by atoms with Crippen molar-refractivity contribution in [2.45, 2.75) is 57.8 Å². The van der Waals surface area contributed by atoms with Crippen molar-refractivity contribution in [3.8, 4) is 17.3 Å². The molecule has 14 heteroatoms. The Hall–Kier alpha value is -3.78. The van der Waals surface area contributed by atoms with Crippen molar-refractivity contribution in [3.05, 3.63) is 41.6 Å². The molecule has 43 heavy (non-hydrogen) atoms. The molecule has 2 saturated heterocycles. The molecule has 7 rings (SSSR count). The zero-order valence-corrected chi connectivity index (χ0v) is 24.9. The highest BCUT2D eigenvalue weighted by molar-refractivity contribution is 7.92. The van der Waals surface area contributed by atoms with Crippen LogP contribution in [0.15, 0.2) is 30.3 Å². The molecule has 3 aliphatic rings. The van der Waals surface area contributed by atoms with Crippen LogP contribution < -0.4 is 14.4 Å². The van der Waals surface area contributed by atoms with Crippen LogP contribution in [-0.4, -0.2) is 83.2 Å². The average Bonchev–Trinajstić information content (AvgIpc) is 3.23. The monoisotopic (exact) mass is 613 g/mol. The first-order valence-electron chi connectivity index (χ1n) is 14.4. The van der Waals surface area contributed by atoms with Gasteiger partial charge in [0.1, 0.15) is 22.8 Å². The average molecular weight is 614 g/mol. The van der Waals surface area contributed by atoms with Crippen LogP contribution in [0, 0.1) is 12.8 Å². The van der Waals surface area contributed by atoms with Gasteiger partial charge in [0.15, 0.2) is 5.88 Å². The smallest absolute Gasteiger partial charge is 0.329 e. The van der Waals surface area contributed by atoms with Gasteiger partial charge in [-0.15, -0.1) is 0 Å². The minimum absolute atomic E-state index is 0.0321. The van der Waals surface area contributed by atoms with Gasteiger partial charge in [-0.05, 0) is 69.3 Å². The molecule has 0 unspecified atom stereocenters. The standard InChI is InChI=1S/C29H33F2N7O4S/c1-16-26(33-24-13-19(14-25(42-2)37(16)24)28(39)35-11-9-20-21(35)8-10-32-20)22-12-18-6-7-23(38(29(30)31)43(3,40)41)34-27(18)36(22)15-17-4-5-17/h6-7,12-14,17,20-21,29,32H,4-5,8-11,15H2,1-3H3/t20-,21-/m1/s1. The summed E-state index contributed by atoms with van der Waals surface area (Å²) in [5, 5.41) is 4.16. The zero-order chi connectivity index (χ0) is 30.2. The summed E-state index contributed by atoms with van der Waals surface area (Å²) in [4.78, 5) is 25.0. The van der Waals surface area contributed by atoms with Crippen molar-refractivity contribution < 1.29 is 26.7 Å². The number of likely N-dealkylation sites (tertiary alicyclic amines) is 1. The molecule has 2 aliphatic heterocycles. The number of carbonyl (C=O) groups is 1. The molecule has 1 N–H and O–H groups in total. The quantitative estimate of drug-likeness (QED) is 0.302. The Labute approximate surface area is 247 Å². The Kier molecular flexibility index (Phi) is 6.61. The Morgan fingerprint density at radius 2 is 1.95 bits per heavy atom. The summed E-state index contributed by atoms with van der Waals surface area (Å²) < 4.78 is 61.5. The Balaban J connectivity index is 1.35. The molecule has 0 bridgehead atoms. The minimum Gasteiger partial charge on any atom is -0.482 e. The number of pyridine rings is 2. The van der Waals surface area contributed by atoms with Gasteiger partial charge in [-0.1, -0.05) is 0 Å². The number of carbonyl (C=O) groups excluding carboxylic acids is 1. The largest absolute Gasteiger partial charge is 0.482 e. The highest BCUT2D eigenvalue weighted by atomic mass is 32.2. The van der Waals surface area contributed by atoms with Crippen molar-refractivity contribution in [3.63, 3.8) is 0 Å². The maximum Gasteiger partial charge on any atom is 0.329 e. The lowest BCUT2D eigenvalue weighted by Crippen LogP contribution is -2.38. The van der Waals surface area contributed by atoms with Gasteiger partial charge in [-0.2, -0.15) is 13.1 Å². The number of amides is 1. The van der Waals surface area contributed by atoms with Crippen LogP contribution in [0.5, 0.6) is 5.88 Å². The molecule has 228 valence electrons. The molecular formula is C29H33F2N7O4S. The lowest BCUT2D eigenvalue weighted by atomic mass is 10.1. The molecule has 6 heterocycles. The predicted molar refractivity (Wildman–Crippen MR) is 157 cm³/mol. The van der Waals surface area contributed by atoms with E-state index in [1.807, 2.05) is 26.9 Å². The number of methoxy groups -OCH3 is 1. The first-order chi connectivity index (χ1) is 20.5. The third kappa shape index (κ3) is 4.71. The lowest BCUT2D eigenvalue weighted by Gasteiger charge is -2.23. The van der Waals surface area contributed by atoms with E-state index < -0.39 is 16.6 Å². The summed E-state index contributed by atoms with van der Waals surface area (Å²) in [6.07, 6.45) is 4.66. The number of hydrogen-bond acceptors (Lipinski definition) is 7. The van der Waals surface area contributed by atoms with Crippen LogP contribution >= 0.6 is 0 Å². The van der Waals surface area contributed by atoms with E-state index in [-0.39, 0.29) is 22.1 Å². The van der Waals surface area contributed by atoms with Gasteiger partial charge in [-0.25, -0.2) is 18.4 Å². The fourth-order valence-electron chi connectivity index (χ4n) is 6.67.